The first kappa shape index (κ1) is 22.2. The second-order valence-electron chi connectivity index (χ2n) is 7.05. The van der Waals surface area contributed by atoms with E-state index in [1.807, 2.05) is 30.3 Å². The van der Waals surface area contributed by atoms with Gasteiger partial charge in [-0.25, -0.2) is 0 Å². The number of nitrogens with one attached hydrogen (secondary N) is 1. The molecule has 0 unspecified atom stereocenters. The molecule has 152 valence electrons. The molecular weight excluding hydrogens is 469 g/mol. The van der Waals surface area contributed by atoms with Gasteiger partial charge in [-0.05, 0) is 55.7 Å². The smallest absolute Gasteiger partial charge is 0.124 e. The zero-order valence-electron chi connectivity index (χ0n) is 16.3. The third kappa shape index (κ3) is 6.75. The molecule has 5 heteroatoms. The first-order chi connectivity index (χ1) is 14.0. The quantitative estimate of drug-likeness (QED) is 0.335. The fraction of sp³-hybridized carbons (Fsp3) is 0.250. The second-order valence-corrected chi connectivity index (χ2v) is 8.78. The Bertz CT molecular complexity index is 913. The summed E-state index contributed by atoms with van der Waals surface area (Å²) in [5, 5.41) is 4.83. The lowest BCUT2D eigenvalue weighted by Gasteiger charge is -2.17. The van der Waals surface area contributed by atoms with Gasteiger partial charge in [0.25, 0.3) is 0 Å². The summed E-state index contributed by atoms with van der Waals surface area (Å²) < 4.78 is 7.09. The Morgan fingerprint density at radius 1 is 0.966 bits per heavy atom. The standard InChI is InChI=1S/C24H24BrCl2NO/c1-17(10-11-18-6-3-2-4-7-18)28-15-19-14-20(25)12-13-24(19)29-16-21-22(26)8-5-9-23(21)27/h2-9,12-14,17,28H,10-11,15-16H2,1H3/t17-/m1/s1. The van der Waals surface area contributed by atoms with Crippen molar-refractivity contribution >= 4 is 39.1 Å². The maximum Gasteiger partial charge on any atom is 0.124 e. The van der Waals surface area contributed by atoms with Crippen LogP contribution in [-0.2, 0) is 19.6 Å². The Kier molecular flexibility index (Phi) is 8.43. The van der Waals surface area contributed by atoms with Gasteiger partial charge < -0.3 is 10.1 Å². The fourth-order valence-corrected chi connectivity index (χ4v) is 3.98. The molecule has 2 nitrogen and oxygen atoms in total. The van der Waals surface area contributed by atoms with Crippen LogP contribution in [0.1, 0.15) is 30.0 Å². The molecule has 0 bridgehead atoms. The highest BCUT2D eigenvalue weighted by molar-refractivity contribution is 9.10. The molecule has 1 N–H and O–H groups in total. The maximum absolute atomic E-state index is 6.26. The molecule has 0 aliphatic rings. The van der Waals surface area contributed by atoms with Crippen LogP contribution in [0.3, 0.4) is 0 Å². The fourth-order valence-electron chi connectivity index (χ4n) is 3.06. The van der Waals surface area contributed by atoms with Gasteiger partial charge in [0.15, 0.2) is 0 Å². The van der Waals surface area contributed by atoms with Crippen LogP contribution in [0, 0.1) is 0 Å². The number of ether oxygens (including phenoxy) is 1. The largest absolute Gasteiger partial charge is 0.488 e. The number of hydrogen-bond donors (Lipinski definition) is 1. The number of hydrogen-bond acceptors (Lipinski definition) is 2. The molecule has 3 aromatic carbocycles. The Hall–Kier alpha value is -1.52. The van der Waals surface area contributed by atoms with E-state index in [-0.39, 0.29) is 0 Å². The first-order valence-electron chi connectivity index (χ1n) is 9.64. The van der Waals surface area contributed by atoms with Crippen LogP contribution < -0.4 is 10.1 Å². The Morgan fingerprint density at radius 3 is 2.41 bits per heavy atom. The molecular formula is C24H24BrCl2NO. The SMILES string of the molecule is C[C@H](CCc1ccccc1)NCc1cc(Br)ccc1OCc1c(Cl)cccc1Cl. The van der Waals surface area contributed by atoms with Gasteiger partial charge in [0.1, 0.15) is 12.4 Å². The summed E-state index contributed by atoms with van der Waals surface area (Å²) in [6.07, 6.45) is 2.13. The van der Waals surface area contributed by atoms with Gasteiger partial charge in [0, 0.05) is 38.2 Å². The number of rotatable bonds is 9. The van der Waals surface area contributed by atoms with Crippen molar-refractivity contribution in [2.24, 2.45) is 0 Å². The van der Waals surface area contributed by atoms with Crippen LogP contribution in [0.25, 0.3) is 0 Å². The van der Waals surface area contributed by atoms with Crippen molar-refractivity contribution < 1.29 is 4.74 Å². The molecule has 0 heterocycles. The van der Waals surface area contributed by atoms with Crippen molar-refractivity contribution in [3.63, 3.8) is 0 Å². The van der Waals surface area contributed by atoms with Crippen molar-refractivity contribution in [3.05, 3.63) is 97.9 Å². The van der Waals surface area contributed by atoms with Gasteiger partial charge in [0.05, 0.1) is 0 Å². The van der Waals surface area contributed by atoms with E-state index in [0.717, 1.165) is 40.7 Å². The minimum Gasteiger partial charge on any atom is -0.488 e. The number of aryl methyl sites for hydroxylation is 1. The molecule has 0 radical (unpaired) electrons. The van der Waals surface area contributed by atoms with Crippen LogP contribution in [0.5, 0.6) is 5.75 Å². The summed E-state index contributed by atoms with van der Waals surface area (Å²) in [6, 6.07) is 22.5. The zero-order valence-corrected chi connectivity index (χ0v) is 19.4. The van der Waals surface area contributed by atoms with Gasteiger partial charge >= 0.3 is 0 Å². The molecule has 3 rings (SSSR count). The molecule has 0 saturated carbocycles. The van der Waals surface area contributed by atoms with E-state index in [1.165, 1.54) is 5.56 Å². The maximum atomic E-state index is 6.26. The highest BCUT2D eigenvalue weighted by Crippen LogP contribution is 2.28. The van der Waals surface area contributed by atoms with Crippen molar-refractivity contribution in [1.82, 2.24) is 5.32 Å². The van der Waals surface area contributed by atoms with E-state index < -0.39 is 0 Å². The second kappa shape index (κ2) is 11.0. The average molecular weight is 493 g/mol. The van der Waals surface area contributed by atoms with Gasteiger partial charge in [-0.3, -0.25) is 0 Å². The molecule has 0 amide bonds. The topological polar surface area (TPSA) is 21.3 Å². The molecule has 1 atom stereocenters. The summed E-state index contributed by atoms with van der Waals surface area (Å²) in [6.45, 7) is 3.27. The molecule has 3 aromatic rings. The first-order valence-corrected chi connectivity index (χ1v) is 11.2. The van der Waals surface area contributed by atoms with Crippen LogP contribution in [0.2, 0.25) is 10.0 Å². The highest BCUT2D eigenvalue weighted by Gasteiger charge is 2.11. The summed E-state index contributed by atoms with van der Waals surface area (Å²) in [5.74, 6) is 0.826. The lowest BCUT2D eigenvalue weighted by molar-refractivity contribution is 0.301. The van der Waals surface area contributed by atoms with Crippen LogP contribution >= 0.6 is 39.1 Å². The van der Waals surface area contributed by atoms with Crippen molar-refractivity contribution in [2.45, 2.75) is 39.0 Å². The summed E-state index contributed by atoms with van der Waals surface area (Å²) >= 11 is 16.1. The Morgan fingerprint density at radius 2 is 1.69 bits per heavy atom. The molecule has 0 spiro atoms. The summed E-state index contributed by atoms with van der Waals surface area (Å²) in [7, 11) is 0. The van der Waals surface area contributed by atoms with Gasteiger partial charge in [0.2, 0.25) is 0 Å². The van der Waals surface area contributed by atoms with Crippen molar-refractivity contribution in [2.75, 3.05) is 0 Å². The predicted molar refractivity (Wildman–Crippen MR) is 126 cm³/mol. The molecule has 0 aliphatic carbocycles. The Balaban J connectivity index is 1.59. The van der Waals surface area contributed by atoms with Crippen LogP contribution in [0.15, 0.2) is 71.2 Å². The van der Waals surface area contributed by atoms with Gasteiger partial charge in [-0.2, -0.15) is 0 Å². The van der Waals surface area contributed by atoms with Crippen molar-refractivity contribution in [1.29, 1.82) is 0 Å². The lowest BCUT2D eigenvalue weighted by atomic mass is 10.1. The zero-order chi connectivity index (χ0) is 20.6. The summed E-state index contributed by atoms with van der Waals surface area (Å²) in [5.41, 5.74) is 3.26. The van der Waals surface area contributed by atoms with E-state index in [1.54, 1.807) is 0 Å². The number of halogens is 3. The van der Waals surface area contributed by atoms with E-state index in [2.05, 4.69) is 64.6 Å². The third-order valence-electron chi connectivity index (χ3n) is 4.81. The predicted octanol–water partition coefficient (Wildman–Crippen LogP) is 7.45. The Labute approximate surface area is 191 Å². The lowest BCUT2D eigenvalue weighted by Crippen LogP contribution is -2.26. The molecule has 29 heavy (non-hydrogen) atoms. The average Bonchev–Trinajstić information content (AvgIpc) is 2.72. The monoisotopic (exact) mass is 491 g/mol. The van der Waals surface area contributed by atoms with E-state index >= 15 is 0 Å². The van der Waals surface area contributed by atoms with Gasteiger partial charge in [-0.1, -0.05) is 75.5 Å². The van der Waals surface area contributed by atoms with E-state index in [9.17, 15) is 0 Å². The third-order valence-corrected chi connectivity index (χ3v) is 6.01. The van der Waals surface area contributed by atoms with E-state index in [0.29, 0.717) is 22.7 Å². The molecule has 0 saturated heterocycles. The van der Waals surface area contributed by atoms with Crippen molar-refractivity contribution in [3.8, 4) is 5.75 Å². The molecule has 0 aliphatic heterocycles. The molecule has 0 aromatic heterocycles. The number of benzene rings is 3. The minimum absolute atomic E-state index is 0.330. The van der Waals surface area contributed by atoms with Crippen LogP contribution in [-0.4, -0.2) is 6.04 Å². The minimum atomic E-state index is 0.330. The molecule has 0 fully saturated rings. The normalized spacial score (nSPS) is 12.0. The van der Waals surface area contributed by atoms with E-state index in [4.69, 9.17) is 27.9 Å². The highest BCUT2D eigenvalue weighted by atomic mass is 79.9. The van der Waals surface area contributed by atoms with Gasteiger partial charge in [-0.15, -0.1) is 0 Å². The van der Waals surface area contributed by atoms with Crippen LogP contribution in [0.4, 0.5) is 0 Å². The summed E-state index contributed by atoms with van der Waals surface area (Å²) in [4.78, 5) is 0.